The predicted octanol–water partition coefficient (Wildman–Crippen LogP) is 1.75. The van der Waals surface area contributed by atoms with Crippen molar-refractivity contribution in [2.24, 2.45) is 17.6 Å². The first-order chi connectivity index (χ1) is 6.88. The summed E-state index contributed by atoms with van der Waals surface area (Å²) in [5.74, 6) is 0.501. The van der Waals surface area contributed by atoms with E-state index in [1.807, 2.05) is 26.8 Å². The lowest BCUT2D eigenvalue weighted by Crippen LogP contribution is -2.26. The van der Waals surface area contributed by atoms with E-state index in [9.17, 15) is 4.79 Å². The average molecular weight is 207 g/mol. The molecule has 0 radical (unpaired) electrons. The van der Waals surface area contributed by atoms with Crippen LogP contribution < -0.4 is 5.73 Å². The highest BCUT2D eigenvalue weighted by atomic mass is 16.6. The molecule has 2 unspecified atom stereocenters. The second kappa shape index (κ2) is 3.12. The van der Waals surface area contributed by atoms with Gasteiger partial charge in [0.2, 0.25) is 0 Å². The molecule has 2 rings (SSSR count). The van der Waals surface area contributed by atoms with Crippen LogP contribution in [0.15, 0.2) is 23.4 Å². The summed E-state index contributed by atoms with van der Waals surface area (Å²) >= 11 is 0. The van der Waals surface area contributed by atoms with Crippen LogP contribution in [-0.4, -0.2) is 11.6 Å². The highest BCUT2D eigenvalue weighted by Gasteiger charge is 2.46. The Kier molecular flexibility index (Phi) is 2.14. The number of hydrogen-bond acceptors (Lipinski definition) is 3. The number of rotatable bonds is 1. The monoisotopic (exact) mass is 207 g/mol. The van der Waals surface area contributed by atoms with E-state index < -0.39 is 5.60 Å². The van der Waals surface area contributed by atoms with Crippen LogP contribution >= 0.6 is 0 Å². The third kappa shape index (κ3) is 2.06. The van der Waals surface area contributed by atoms with Gasteiger partial charge in [0, 0.05) is 17.2 Å². The van der Waals surface area contributed by atoms with Crippen molar-refractivity contribution in [3.05, 3.63) is 23.4 Å². The molecule has 1 fully saturated rings. The maximum absolute atomic E-state index is 11.8. The zero-order chi connectivity index (χ0) is 11.2. The zero-order valence-corrected chi connectivity index (χ0v) is 9.41. The molecule has 15 heavy (non-hydrogen) atoms. The van der Waals surface area contributed by atoms with Gasteiger partial charge in [-0.3, -0.25) is 0 Å². The van der Waals surface area contributed by atoms with Crippen molar-refractivity contribution >= 4 is 5.97 Å². The molecule has 0 spiro atoms. The molecule has 1 saturated carbocycles. The molecule has 3 heteroatoms. The Labute approximate surface area is 90.0 Å². The number of ether oxygens (including phenoxy) is 1. The highest BCUT2D eigenvalue weighted by molar-refractivity contribution is 5.91. The Morgan fingerprint density at radius 2 is 2.07 bits per heavy atom. The second-order valence-electron chi connectivity index (χ2n) is 5.24. The molecule has 2 atom stereocenters. The molecule has 0 aliphatic heterocycles. The summed E-state index contributed by atoms with van der Waals surface area (Å²) in [5, 5.41) is 0. The number of carbonyl (C=O) groups is 1. The van der Waals surface area contributed by atoms with Crippen molar-refractivity contribution in [1.29, 1.82) is 0 Å². The lowest BCUT2D eigenvalue weighted by atomic mass is 10.0. The number of allylic oxidation sites excluding steroid dienone is 3. The lowest BCUT2D eigenvalue weighted by Gasteiger charge is -2.21. The van der Waals surface area contributed by atoms with Gasteiger partial charge >= 0.3 is 5.97 Å². The molecule has 2 N–H and O–H groups in total. The van der Waals surface area contributed by atoms with Crippen LogP contribution in [0.1, 0.15) is 27.2 Å². The third-order valence-corrected chi connectivity index (χ3v) is 2.71. The first kappa shape index (κ1) is 10.3. The summed E-state index contributed by atoms with van der Waals surface area (Å²) in [6.45, 7) is 5.63. The van der Waals surface area contributed by atoms with Gasteiger partial charge in [-0.05, 0) is 45.3 Å². The van der Waals surface area contributed by atoms with Crippen LogP contribution in [0, 0.1) is 11.8 Å². The van der Waals surface area contributed by atoms with E-state index in [0.717, 1.165) is 17.7 Å². The van der Waals surface area contributed by atoms with Crippen LogP contribution in [0.2, 0.25) is 0 Å². The Morgan fingerprint density at radius 1 is 1.40 bits per heavy atom. The summed E-state index contributed by atoms with van der Waals surface area (Å²) in [6.07, 6.45) is 4.62. The van der Waals surface area contributed by atoms with Gasteiger partial charge in [-0.15, -0.1) is 0 Å². The van der Waals surface area contributed by atoms with E-state index in [1.54, 1.807) is 6.08 Å². The molecule has 3 nitrogen and oxygen atoms in total. The van der Waals surface area contributed by atoms with Gasteiger partial charge in [-0.2, -0.15) is 0 Å². The van der Waals surface area contributed by atoms with Crippen molar-refractivity contribution in [3.8, 4) is 0 Å². The quantitative estimate of drug-likeness (QED) is 0.666. The van der Waals surface area contributed by atoms with E-state index in [2.05, 4.69) is 0 Å². The number of nitrogens with two attached hydrogens (primary N) is 1. The van der Waals surface area contributed by atoms with Gasteiger partial charge in [-0.1, -0.05) is 0 Å². The minimum atomic E-state index is -0.422. The summed E-state index contributed by atoms with van der Waals surface area (Å²) in [5.41, 5.74) is 7.03. The Balaban J connectivity index is 2.10. The molecule has 0 saturated heterocycles. The summed E-state index contributed by atoms with van der Waals surface area (Å²) in [4.78, 5) is 11.8. The third-order valence-electron chi connectivity index (χ3n) is 2.71. The van der Waals surface area contributed by atoms with Gasteiger partial charge in [0.15, 0.2) is 0 Å². The van der Waals surface area contributed by atoms with Crippen molar-refractivity contribution in [2.45, 2.75) is 32.8 Å². The van der Waals surface area contributed by atoms with Gasteiger partial charge in [-0.25, -0.2) is 4.79 Å². The van der Waals surface area contributed by atoms with Gasteiger partial charge in [0.05, 0.1) is 0 Å². The predicted molar refractivity (Wildman–Crippen MR) is 57.8 cm³/mol. The SMILES string of the molecule is CC(C)(C)OC(=O)C1=CC=C(N)C2CC12. The molecule has 0 heterocycles. The summed E-state index contributed by atoms with van der Waals surface area (Å²) in [7, 11) is 0. The number of fused-ring (bicyclic) bond motifs is 1. The van der Waals surface area contributed by atoms with E-state index in [1.165, 1.54) is 0 Å². The van der Waals surface area contributed by atoms with Crippen LogP contribution in [0.5, 0.6) is 0 Å². The fourth-order valence-corrected chi connectivity index (χ4v) is 1.90. The molecule has 0 bridgehead atoms. The fourth-order valence-electron chi connectivity index (χ4n) is 1.90. The van der Waals surface area contributed by atoms with E-state index >= 15 is 0 Å². The van der Waals surface area contributed by atoms with Crippen molar-refractivity contribution in [1.82, 2.24) is 0 Å². The fraction of sp³-hybridized carbons (Fsp3) is 0.583. The number of esters is 1. The van der Waals surface area contributed by atoms with Crippen molar-refractivity contribution in [3.63, 3.8) is 0 Å². The van der Waals surface area contributed by atoms with E-state index in [-0.39, 0.29) is 5.97 Å². The van der Waals surface area contributed by atoms with Crippen LogP contribution in [-0.2, 0) is 9.53 Å². The van der Waals surface area contributed by atoms with Crippen LogP contribution in [0.3, 0.4) is 0 Å². The molecular formula is C12H17NO2. The highest BCUT2D eigenvalue weighted by Crippen LogP contribution is 2.50. The topological polar surface area (TPSA) is 52.3 Å². The minimum Gasteiger partial charge on any atom is -0.457 e. The Bertz CT molecular complexity index is 360. The second-order valence-corrected chi connectivity index (χ2v) is 5.24. The van der Waals surface area contributed by atoms with Gasteiger partial charge in [0.25, 0.3) is 0 Å². The molecule has 2 aliphatic carbocycles. The minimum absolute atomic E-state index is 0.196. The zero-order valence-electron chi connectivity index (χ0n) is 9.41. The first-order valence-electron chi connectivity index (χ1n) is 5.29. The normalized spacial score (nSPS) is 28.7. The van der Waals surface area contributed by atoms with Crippen LogP contribution in [0.25, 0.3) is 0 Å². The van der Waals surface area contributed by atoms with E-state index in [0.29, 0.717) is 11.8 Å². The average Bonchev–Trinajstić information content (AvgIpc) is 2.80. The van der Waals surface area contributed by atoms with Gasteiger partial charge in [0.1, 0.15) is 5.60 Å². The van der Waals surface area contributed by atoms with Crippen molar-refractivity contribution < 1.29 is 9.53 Å². The molecule has 0 aromatic rings. The summed E-state index contributed by atoms with van der Waals surface area (Å²) in [6, 6.07) is 0. The maximum atomic E-state index is 11.8. The Morgan fingerprint density at radius 3 is 2.67 bits per heavy atom. The number of carbonyl (C=O) groups excluding carboxylic acids is 1. The number of hydrogen-bond donors (Lipinski definition) is 1. The smallest absolute Gasteiger partial charge is 0.334 e. The lowest BCUT2D eigenvalue weighted by molar-refractivity contribution is -0.150. The molecule has 0 aromatic carbocycles. The maximum Gasteiger partial charge on any atom is 0.334 e. The summed E-state index contributed by atoms with van der Waals surface area (Å²) < 4.78 is 5.33. The Hall–Kier alpha value is -1.25. The standard InChI is InChI=1S/C12H17NO2/c1-12(2,3)15-11(14)7-4-5-10(13)9-6-8(7)9/h4-5,8-9H,6,13H2,1-3H3. The first-order valence-corrected chi connectivity index (χ1v) is 5.29. The molecule has 2 aliphatic rings. The molecular weight excluding hydrogens is 190 g/mol. The van der Waals surface area contributed by atoms with E-state index in [4.69, 9.17) is 10.5 Å². The van der Waals surface area contributed by atoms with Crippen molar-refractivity contribution in [2.75, 3.05) is 0 Å². The van der Waals surface area contributed by atoms with Gasteiger partial charge < -0.3 is 10.5 Å². The molecule has 0 aromatic heterocycles. The molecule has 82 valence electrons. The largest absolute Gasteiger partial charge is 0.457 e. The molecule has 0 amide bonds. The van der Waals surface area contributed by atoms with Crippen LogP contribution in [0.4, 0.5) is 0 Å².